The molecule has 6 nitrogen and oxygen atoms in total. The van der Waals surface area contributed by atoms with E-state index in [1.165, 1.54) is 0 Å². The van der Waals surface area contributed by atoms with Gasteiger partial charge in [0.1, 0.15) is 0 Å². The molecule has 0 spiro atoms. The van der Waals surface area contributed by atoms with E-state index in [4.69, 9.17) is 15.0 Å². The first-order valence-electron chi connectivity index (χ1n) is 0.651. The molecule has 0 aromatic rings. The van der Waals surface area contributed by atoms with E-state index in [0.29, 0.717) is 0 Å². The number of carboxylic acid groups (broad SMARTS) is 2. The van der Waals surface area contributed by atoms with Crippen LogP contribution in [0.2, 0.25) is 0 Å². The Morgan fingerprint density at radius 3 is 0.900 bits per heavy atom. The Labute approximate surface area is 94.9 Å². The van der Waals surface area contributed by atoms with Crippen LogP contribution in [0.25, 0.3) is 0 Å². The molecule has 10 heavy (non-hydrogen) atoms. The Hall–Kier alpha value is 0.981. The summed E-state index contributed by atoms with van der Waals surface area (Å²) in [7, 11) is 0. The summed E-state index contributed by atoms with van der Waals surface area (Å²) >= 11 is 0. The number of carbonyl (C=O) groups is 1. The van der Waals surface area contributed by atoms with Crippen LogP contribution >= 0.6 is 0 Å². The van der Waals surface area contributed by atoms with Crippen LogP contribution in [0.3, 0.4) is 0 Å². The average molecular weight is 188 g/mol. The summed E-state index contributed by atoms with van der Waals surface area (Å²) in [4.78, 5) is 8.56. The summed E-state index contributed by atoms with van der Waals surface area (Å²) in [5, 5.41) is 13.9. The molecule has 0 atom stereocenters. The molecule has 0 aliphatic carbocycles. The van der Waals surface area contributed by atoms with Gasteiger partial charge < -0.3 is 26.6 Å². The molecular weight excluding hydrogens is 186 g/mol. The van der Waals surface area contributed by atoms with Crippen molar-refractivity contribution in [3.63, 3.8) is 0 Å². The molecule has 0 aliphatic rings. The van der Waals surface area contributed by atoms with Crippen LogP contribution < -0.4 is 0 Å². The van der Waals surface area contributed by atoms with E-state index in [-0.39, 0.29) is 74.2 Å². The van der Waals surface area contributed by atoms with Crippen molar-refractivity contribution in [2.45, 2.75) is 0 Å². The van der Waals surface area contributed by atoms with Gasteiger partial charge in [0.2, 0.25) is 0 Å². The first-order valence-corrected chi connectivity index (χ1v) is 0.651. The van der Waals surface area contributed by atoms with Gasteiger partial charge in [0.15, 0.2) is 0 Å². The quantitative estimate of drug-likeness (QED) is 0.457. The molecule has 0 aromatic carbocycles. The van der Waals surface area contributed by atoms with Crippen molar-refractivity contribution in [2.24, 2.45) is 0 Å². The molecule has 0 heterocycles. The number of hydrogen-bond donors (Lipinski definition) is 2. The minimum Gasteiger partial charge on any atom is -2.00 e. The van der Waals surface area contributed by atoms with E-state index in [0.717, 1.165) is 0 Å². The van der Waals surface area contributed by atoms with E-state index in [2.05, 4.69) is 0 Å². The van der Waals surface area contributed by atoms with Gasteiger partial charge in [-0.05, 0) is 0 Å². The topological polar surface area (TPSA) is 143 Å². The van der Waals surface area contributed by atoms with E-state index in [1.54, 1.807) is 0 Å². The van der Waals surface area contributed by atoms with E-state index in [9.17, 15) is 0 Å². The van der Waals surface area contributed by atoms with Crippen LogP contribution in [0.15, 0.2) is 0 Å². The maximum atomic E-state index is 8.56. The fraction of sp³-hybridized carbons (Fsp3) is 0. The van der Waals surface area contributed by atoms with E-state index < -0.39 is 6.16 Å². The van der Waals surface area contributed by atoms with Gasteiger partial charge in [-0.15, -0.1) is 0 Å². The molecule has 0 rings (SSSR count). The van der Waals surface area contributed by atoms with E-state index >= 15 is 0 Å². The Morgan fingerprint density at radius 2 is 0.900 bits per heavy atom. The average Bonchev–Trinajstić information content (AvgIpc) is 0.811. The van der Waals surface area contributed by atoms with Gasteiger partial charge in [-0.3, -0.25) is 0 Å². The monoisotopic (exact) mass is 188 g/mol. The second-order valence-electron chi connectivity index (χ2n) is 0.283. The molecule has 0 saturated carbocycles. The normalized spacial score (nSPS) is 2.40. The smallest absolute Gasteiger partial charge is 2.00 e. The van der Waals surface area contributed by atoms with Crippen LogP contribution in [-0.4, -0.2) is 74.1 Å². The first kappa shape index (κ1) is 69.0. The van der Waals surface area contributed by atoms with Gasteiger partial charge in [0.05, 0.1) is 0 Å². The molecule has 0 fully saturated rings. The minimum atomic E-state index is -1.83. The SMILES string of the molecule is O=C(O)O.[Al+3].[Al+3].[Mg+2].[O-2].[O-2].[O-2]. The van der Waals surface area contributed by atoms with Crippen molar-refractivity contribution in [1.82, 2.24) is 0 Å². The zero-order valence-electron chi connectivity index (χ0n) is 4.89. The summed E-state index contributed by atoms with van der Waals surface area (Å²) in [6.07, 6.45) is -1.83. The van der Waals surface area contributed by atoms with Crippen molar-refractivity contribution in [1.29, 1.82) is 0 Å². The Balaban J connectivity index is -0.00000000300. The zero-order chi connectivity index (χ0) is 3.58. The molecule has 0 unspecified atom stereocenters. The summed E-state index contributed by atoms with van der Waals surface area (Å²) in [5.41, 5.74) is 0. The molecule has 0 aromatic heterocycles. The molecule has 2 N–H and O–H groups in total. The Kier molecular flexibility index (Phi) is 351. The fourth-order valence-corrected chi connectivity index (χ4v) is 0. The minimum absolute atomic E-state index is 0. The van der Waals surface area contributed by atoms with Gasteiger partial charge in [-0.1, -0.05) is 0 Å². The third-order valence-corrected chi connectivity index (χ3v) is 0. The van der Waals surface area contributed by atoms with Crippen LogP contribution in [0.4, 0.5) is 4.79 Å². The summed E-state index contributed by atoms with van der Waals surface area (Å²) in [6.45, 7) is 0. The third kappa shape index (κ3) is 594. The second kappa shape index (κ2) is 50.8. The maximum Gasteiger partial charge on any atom is 3.00 e. The van der Waals surface area contributed by atoms with Crippen LogP contribution in [-0.2, 0) is 16.4 Å². The van der Waals surface area contributed by atoms with Gasteiger partial charge in [-0.25, -0.2) is 4.79 Å². The van der Waals surface area contributed by atoms with Gasteiger partial charge in [0, 0.05) is 0 Å². The van der Waals surface area contributed by atoms with Gasteiger partial charge in [0.25, 0.3) is 0 Å². The van der Waals surface area contributed by atoms with E-state index in [1.807, 2.05) is 0 Å². The first-order chi connectivity index (χ1) is 1.73. The largest absolute Gasteiger partial charge is 3.00 e. The van der Waals surface area contributed by atoms with Crippen molar-refractivity contribution >= 4 is 63.9 Å². The number of rotatable bonds is 0. The van der Waals surface area contributed by atoms with Gasteiger partial charge in [-0.2, -0.15) is 0 Å². The summed E-state index contributed by atoms with van der Waals surface area (Å²) < 4.78 is 0. The van der Waals surface area contributed by atoms with Crippen molar-refractivity contribution in [3.8, 4) is 0 Å². The van der Waals surface area contributed by atoms with Crippen LogP contribution in [0, 0.1) is 0 Å². The predicted octanol–water partition coefficient (Wildman–Crippen LogP) is -1.28. The summed E-state index contributed by atoms with van der Waals surface area (Å²) in [5.74, 6) is 0. The number of hydrogen-bond acceptors (Lipinski definition) is 1. The van der Waals surface area contributed by atoms with Crippen molar-refractivity contribution in [3.05, 3.63) is 0 Å². The molecule has 9 heteroatoms. The molecule has 0 aliphatic heterocycles. The maximum absolute atomic E-state index is 8.56. The molecule has 0 saturated heterocycles. The predicted molar refractivity (Wildman–Crippen MR) is 30.0 cm³/mol. The van der Waals surface area contributed by atoms with Crippen LogP contribution in [0.5, 0.6) is 0 Å². The second-order valence-corrected chi connectivity index (χ2v) is 0.283. The molecular formula is CH2Al2MgO6+2. The van der Waals surface area contributed by atoms with Gasteiger partial charge >= 0.3 is 63.9 Å². The summed E-state index contributed by atoms with van der Waals surface area (Å²) in [6, 6.07) is 0. The molecule has 0 radical (unpaired) electrons. The van der Waals surface area contributed by atoms with Crippen molar-refractivity contribution in [2.75, 3.05) is 0 Å². The Morgan fingerprint density at radius 1 is 0.900 bits per heavy atom. The third-order valence-electron chi connectivity index (χ3n) is 0. The van der Waals surface area contributed by atoms with Crippen LogP contribution in [0.1, 0.15) is 0 Å². The van der Waals surface area contributed by atoms with Crippen molar-refractivity contribution < 1.29 is 31.4 Å². The molecule has 0 amide bonds. The Bertz CT molecular complexity index is 38.7. The standard InChI is InChI=1S/CH2O3.2Al.Mg.3O/c2-1(3)4;;;;;;/h(H2,2,3,4);;;;;;/q;2*+3;+2;3*-2. The fourth-order valence-electron chi connectivity index (χ4n) is 0. The molecule has 48 valence electrons. The zero-order valence-corrected chi connectivity index (χ0v) is 8.61. The molecule has 0 bridgehead atoms.